The molecule has 1 aliphatic rings. The third kappa shape index (κ3) is 45.4. The Morgan fingerprint density at radius 2 is 0.581 bits per heavy atom. The molecule has 438 valence electrons. The summed E-state index contributed by atoms with van der Waals surface area (Å²) in [6.07, 6.45) is 62.3. The lowest BCUT2D eigenvalue weighted by atomic mass is 10.0. The highest BCUT2D eigenvalue weighted by atomic mass is 16.6. The van der Waals surface area contributed by atoms with Crippen molar-refractivity contribution in [2.24, 2.45) is 0 Å². The lowest BCUT2D eigenvalue weighted by molar-refractivity contribution is -0.175. The Morgan fingerprint density at radius 1 is 0.351 bits per heavy atom. The Balaban J connectivity index is 2.43. The van der Waals surface area contributed by atoms with Crippen molar-refractivity contribution >= 4 is 17.9 Å². The zero-order valence-electron chi connectivity index (χ0n) is 49.7. The van der Waals surface area contributed by atoms with Gasteiger partial charge in [0.1, 0.15) is 6.10 Å². The summed E-state index contributed by atoms with van der Waals surface area (Å²) in [5.74, 6) is -1.08. The van der Waals surface area contributed by atoms with Gasteiger partial charge >= 0.3 is 17.9 Å². The lowest BCUT2D eigenvalue weighted by Gasteiger charge is -2.28. The van der Waals surface area contributed by atoms with Crippen molar-refractivity contribution in [2.75, 3.05) is 13.2 Å². The minimum Gasteiger partial charge on any atom is -0.457 e. The van der Waals surface area contributed by atoms with E-state index in [1.807, 2.05) is 0 Å². The fourth-order valence-electron chi connectivity index (χ4n) is 11.0. The standard InChI is InChI=1S/C66H126O8/c1-4-7-10-13-16-19-22-25-28-31-34-37-40-43-46-49-52-55-62(68)72-60(58-67)65-66(74-64(70)57-54-51-48-45-42-39-36-33-30-27-24-21-18-15-12-9-6-3)61(59-71-65)73-63(69)56-53-50-47-44-41-38-35-32-29-26-23-20-17-14-11-8-5-2/h60-61,65-67H,4-59H2,1-3H3/t60-,61+,65-,66-/m1/s1. The molecule has 0 unspecified atom stereocenters. The SMILES string of the molecule is CCCCCCCCCCCCCCCCCCCC(=O)O[C@H]1[C@@H]([C@@H](CO)OC(=O)CCCCCCCCCCCCCCCCCCC)OC[C@@H]1OC(=O)CCCCCCCCCCCCCCCCCCC. The molecule has 4 atom stereocenters. The molecule has 74 heavy (non-hydrogen) atoms. The summed E-state index contributed by atoms with van der Waals surface area (Å²) < 4.78 is 23.8. The van der Waals surface area contributed by atoms with Crippen molar-refractivity contribution in [2.45, 2.75) is 392 Å². The van der Waals surface area contributed by atoms with Crippen LogP contribution < -0.4 is 0 Å². The van der Waals surface area contributed by atoms with Crippen molar-refractivity contribution in [3.05, 3.63) is 0 Å². The summed E-state index contributed by atoms with van der Waals surface area (Å²) in [4.78, 5) is 39.5. The number of aliphatic hydroxyl groups is 1. The van der Waals surface area contributed by atoms with E-state index < -0.39 is 31.0 Å². The number of ether oxygens (including phenoxy) is 4. The molecule has 1 aliphatic heterocycles. The van der Waals surface area contributed by atoms with E-state index >= 15 is 0 Å². The highest BCUT2D eigenvalue weighted by molar-refractivity contribution is 5.71. The molecule has 1 N–H and O–H groups in total. The lowest BCUT2D eigenvalue weighted by Crippen LogP contribution is -2.46. The number of unbranched alkanes of at least 4 members (excludes halogenated alkanes) is 48. The van der Waals surface area contributed by atoms with Gasteiger partial charge < -0.3 is 24.1 Å². The van der Waals surface area contributed by atoms with Crippen LogP contribution in [0.2, 0.25) is 0 Å². The Morgan fingerprint density at radius 3 is 0.838 bits per heavy atom. The van der Waals surface area contributed by atoms with Crippen molar-refractivity contribution in [1.29, 1.82) is 0 Å². The third-order valence-corrected chi connectivity index (χ3v) is 16.0. The second-order valence-corrected chi connectivity index (χ2v) is 23.2. The number of carbonyl (C=O) groups is 3. The highest BCUT2D eigenvalue weighted by Gasteiger charge is 2.47. The average molecular weight is 1050 g/mol. The average Bonchev–Trinajstić information content (AvgIpc) is 3.78. The predicted octanol–water partition coefficient (Wildman–Crippen LogP) is 20.2. The number of hydrogen-bond donors (Lipinski definition) is 1. The normalized spacial score (nSPS) is 16.0. The zero-order chi connectivity index (χ0) is 53.5. The van der Waals surface area contributed by atoms with E-state index in [1.165, 1.54) is 270 Å². The molecule has 8 heteroatoms. The Bertz CT molecular complexity index is 1190. The third-order valence-electron chi connectivity index (χ3n) is 16.0. The van der Waals surface area contributed by atoms with Gasteiger partial charge in [0, 0.05) is 19.3 Å². The molecule has 0 bridgehead atoms. The number of esters is 3. The number of rotatable bonds is 59. The highest BCUT2D eigenvalue weighted by Crippen LogP contribution is 2.28. The van der Waals surface area contributed by atoms with Crippen molar-refractivity contribution in [1.82, 2.24) is 0 Å². The van der Waals surface area contributed by atoms with E-state index in [2.05, 4.69) is 20.8 Å². The van der Waals surface area contributed by atoms with Crippen LogP contribution in [-0.2, 0) is 33.3 Å². The van der Waals surface area contributed by atoms with E-state index in [1.54, 1.807) is 0 Å². The van der Waals surface area contributed by atoms with Gasteiger partial charge in [0.15, 0.2) is 18.3 Å². The molecule has 1 rings (SSSR count). The molecule has 1 saturated heterocycles. The van der Waals surface area contributed by atoms with E-state index in [4.69, 9.17) is 18.9 Å². The van der Waals surface area contributed by atoms with E-state index in [0.717, 1.165) is 57.8 Å². The van der Waals surface area contributed by atoms with Gasteiger partial charge in [-0.1, -0.05) is 329 Å². The molecule has 0 radical (unpaired) electrons. The van der Waals surface area contributed by atoms with Crippen LogP contribution >= 0.6 is 0 Å². The number of carbonyl (C=O) groups excluding carboxylic acids is 3. The molecule has 0 saturated carbocycles. The minimum absolute atomic E-state index is 0.0275. The molecule has 0 aliphatic carbocycles. The van der Waals surface area contributed by atoms with Crippen LogP contribution in [0, 0.1) is 0 Å². The predicted molar refractivity (Wildman–Crippen MR) is 313 cm³/mol. The van der Waals surface area contributed by atoms with E-state index in [9.17, 15) is 19.5 Å². The van der Waals surface area contributed by atoms with Gasteiger partial charge in [-0.3, -0.25) is 14.4 Å². The summed E-state index contributed by atoms with van der Waals surface area (Å²) in [5.41, 5.74) is 0. The van der Waals surface area contributed by atoms with Gasteiger partial charge in [-0.2, -0.15) is 0 Å². The van der Waals surface area contributed by atoms with Crippen LogP contribution in [0.5, 0.6) is 0 Å². The summed E-state index contributed by atoms with van der Waals surface area (Å²) >= 11 is 0. The minimum atomic E-state index is -1.01. The Labute approximate surface area is 459 Å². The zero-order valence-corrected chi connectivity index (χ0v) is 49.7. The smallest absolute Gasteiger partial charge is 0.306 e. The first-order valence-corrected chi connectivity index (χ1v) is 33.3. The molecule has 0 spiro atoms. The maximum Gasteiger partial charge on any atom is 0.306 e. The monoisotopic (exact) mass is 1050 g/mol. The summed E-state index contributed by atoms with van der Waals surface area (Å²) in [5, 5.41) is 10.5. The topological polar surface area (TPSA) is 108 Å². The van der Waals surface area contributed by atoms with Gasteiger partial charge in [0.25, 0.3) is 0 Å². The summed E-state index contributed by atoms with van der Waals surface area (Å²) in [6, 6.07) is 0. The van der Waals surface area contributed by atoms with Crippen LogP contribution in [0.1, 0.15) is 367 Å². The van der Waals surface area contributed by atoms with Crippen LogP contribution in [0.3, 0.4) is 0 Å². The van der Waals surface area contributed by atoms with Gasteiger partial charge in [0.2, 0.25) is 0 Å². The molecule has 1 fully saturated rings. The second kappa shape index (κ2) is 56.1. The van der Waals surface area contributed by atoms with Gasteiger partial charge in [-0.15, -0.1) is 0 Å². The largest absolute Gasteiger partial charge is 0.457 e. The quantitative estimate of drug-likeness (QED) is 0.0365. The second-order valence-electron chi connectivity index (χ2n) is 23.2. The number of aliphatic hydroxyl groups excluding tert-OH is 1. The molecule has 8 nitrogen and oxygen atoms in total. The maximum atomic E-state index is 13.3. The Hall–Kier alpha value is -1.67. The van der Waals surface area contributed by atoms with Gasteiger partial charge in [-0.25, -0.2) is 0 Å². The van der Waals surface area contributed by atoms with Crippen molar-refractivity contribution in [3.8, 4) is 0 Å². The van der Waals surface area contributed by atoms with Crippen molar-refractivity contribution in [3.63, 3.8) is 0 Å². The summed E-state index contributed by atoms with van der Waals surface area (Å²) in [7, 11) is 0. The molecule has 0 amide bonds. The first-order valence-electron chi connectivity index (χ1n) is 33.3. The van der Waals surface area contributed by atoms with Crippen LogP contribution in [0.4, 0.5) is 0 Å². The molecule has 0 aromatic rings. The fourth-order valence-corrected chi connectivity index (χ4v) is 11.0. The van der Waals surface area contributed by atoms with Crippen LogP contribution in [0.15, 0.2) is 0 Å². The molecule has 1 heterocycles. The van der Waals surface area contributed by atoms with Crippen LogP contribution in [-0.4, -0.2) is 60.6 Å². The Kier molecular flexibility index (Phi) is 53.3. The van der Waals surface area contributed by atoms with E-state index in [-0.39, 0.29) is 37.4 Å². The van der Waals surface area contributed by atoms with E-state index in [0.29, 0.717) is 6.42 Å². The van der Waals surface area contributed by atoms with Gasteiger partial charge in [-0.05, 0) is 19.3 Å². The maximum absolute atomic E-state index is 13.3. The van der Waals surface area contributed by atoms with Crippen LogP contribution in [0.25, 0.3) is 0 Å². The first-order chi connectivity index (χ1) is 36.5. The summed E-state index contributed by atoms with van der Waals surface area (Å²) in [6.45, 7) is 6.39. The number of hydrogen-bond acceptors (Lipinski definition) is 8. The molecular formula is C66H126O8. The molecule has 0 aromatic carbocycles. The van der Waals surface area contributed by atoms with Crippen molar-refractivity contribution < 1.29 is 38.4 Å². The first kappa shape index (κ1) is 70.3. The molecular weight excluding hydrogens is 921 g/mol. The molecule has 0 aromatic heterocycles. The fraction of sp³-hybridized carbons (Fsp3) is 0.955. The van der Waals surface area contributed by atoms with Gasteiger partial charge in [0.05, 0.1) is 13.2 Å².